The van der Waals surface area contributed by atoms with Crippen molar-refractivity contribution in [1.82, 2.24) is 5.32 Å². The summed E-state index contributed by atoms with van der Waals surface area (Å²) < 4.78 is 0. The molecule has 1 aliphatic rings. The molecule has 0 bridgehead atoms. The summed E-state index contributed by atoms with van der Waals surface area (Å²) in [6.45, 7) is 2.88. The van der Waals surface area contributed by atoms with Crippen molar-refractivity contribution in [1.29, 1.82) is 5.26 Å². The molecule has 0 aliphatic heterocycles. The van der Waals surface area contributed by atoms with Crippen molar-refractivity contribution in [3.63, 3.8) is 0 Å². The molecule has 1 aliphatic carbocycles. The smallest absolute Gasteiger partial charge is 0.0924 e. The second kappa shape index (κ2) is 5.33. The van der Waals surface area contributed by atoms with Gasteiger partial charge in [-0.3, -0.25) is 0 Å². The summed E-state index contributed by atoms with van der Waals surface area (Å²) in [6.07, 6.45) is 5.89. The molecule has 80 valence electrons. The third-order valence-electron chi connectivity index (χ3n) is 3.23. The normalized spacial score (nSPS) is 22.6. The molecule has 1 fully saturated rings. The molecule has 0 spiro atoms. The standard InChI is InChI=1S/C11H20N2O/c1-10(7-12)13-8-11(9-14)5-3-2-4-6-11/h10,13-14H,2-6,8-9H2,1H3. The highest BCUT2D eigenvalue weighted by Crippen LogP contribution is 2.35. The van der Waals surface area contributed by atoms with Crippen molar-refractivity contribution in [2.75, 3.05) is 13.2 Å². The Morgan fingerprint density at radius 1 is 1.43 bits per heavy atom. The van der Waals surface area contributed by atoms with Crippen molar-refractivity contribution >= 4 is 0 Å². The van der Waals surface area contributed by atoms with E-state index in [9.17, 15) is 5.11 Å². The molecule has 0 heterocycles. The molecule has 1 atom stereocenters. The van der Waals surface area contributed by atoms with E-state index >= 15 is 0 Å². The predicted molar refractivity (Wildman–Crippen MR) is 55.7 cm³/mol. The van der Waals surface area contributed by atoms with Crippen molar-refractivity contribution in [2.24, 2.45) is 5.41 Å². The summed E-state index contributed by atoms with van der Waals surface area (Å²) in [5.74, 6) is 0. The maximum atomic E-state index is 9.40. The highest BCUT2D eigenvalue weighted by atomic mass is 16.3. The highest BCUT2D eigenvalue weighted by Gasteiger charge is 2.31. The second-order valence-electron chi connectivity index (χ2n) is 4.45. The average Bonchev–Trinajstić information content (AvgIpc) is 2.27. The van der Waals surface area contributed by atoms with E-state index in [-0.39, 0.29) is 18.1 Å². The Morgan fingerprint density at radius 2 is 2.07 bits per heavy atom. The Hall–Kier alpha value is -0.590. The van der Waals surface area contributed by atoms with Gasteiger partial charge < -0.3 is 10.4 Å². The number of aliphatic hydroxyl groups is 1. The molecule has 1 saturated carbocycles. The third kappa shape index (κ3) is 2.97. The molecular weight excluding hydrogens is 176 g/mol. The van der Waals surface area contributed by atoms with Gasteiger partial charge in [0.15, 0.2) is 0 Å². The zero-order valence-corrected chi connectivity index (χ0v) is 8.92. The lowest BCUT2D eigenvalue weighted by molar-refractivity contribution is 0.0804. The third-order valence-corrected chi connectivity index (χ3v) is 3.23. The van der Waals surface area contributed by atoms with Gasteiger partial charge in [0.1, 0.15) is 0 Å². The summed E-state index contributed by atoms with van der Waals surface area (Å²) in [5.41, 5.74) is 0.0450. The van der Waals surface area contributed by atoms with Gasteiger partial charge >= 0.3 is 0 Å². The van der Waals surface area contributed by atoms with Gasteiger partial charge in [0.2, 0.25) is 0 Å². The van der Waals surface area contributed by atoms with Gasteiger partial charge in [-0.25, -0.2) is 0 Å². The number of hydrogen-bond acceptors (Lipinski definition) is 3. The fourth-order valence-corrected chi connectivity index (χ4v) is 2.11. The van der Waals surface area contributed by atoms with E-state index in [4.69, 9.17) is 5.26 Å². The Kier molecular flexibility index (Phi) is 4.37. The maximum Gasteiger partial charge on any atom is 0.0924 e. The fourth-order valence-electron chi connectivity index (χ4n) is 2.11. The molecule has 0 amide bonds. The molecule has 0 radical (unpaired) electrons. The molecule has 1 unspecified atom stereocenters. The van der Waals surface area contributed by atoms with Crippen molar-refractivity contribution in [2.45, 2.75) is 45.1 Å². The monoisotopic (exact) mass is 196 g/mol. The van der Waals surface area contributed by atoms with E-state index in [2.05, 4.69) is 11.4 Å². The first-order valence-corrected chi connectivity index (χ1v) is 5.46. The van der Waals surface area contributed by atoms with E-state index in [0.717, 1.165) is 19.4 Å². The summed E-state index contributed by atoms with van der Waals surface area (Å²) in [6, 6.07) is 2.04. The van der Waals surface area contributed by atoms with Gasteiger partial charge in [0.25, 0.3) is 0 Å². The Bertz CT molecular complexity index is 204. The molecule has 0 aromatic carbocycles. The minimum atomic E-state index is -0.111. The van der Waals surface area contributed by atoms with E-state index in [1.807, 2.05) is 6.92 Å². The van der Waals surface area contributed by atoms with Gasteiger partial charge in [0.05, 0.1) is 12.1 Å². The Morgan fingerprint density at radius 3 is 2.57 bits per heavy atom. The molecule has 3 nitrogen and oxygen atoms in total. The SMILES string of the molecule is CC(C#N)NCC1(CO)CCCCC1. The first-order valence-electron chi connectivity index (χ1n) is 5.46. The van der Waals surface area contributed by atoms with Crippen LogP contribution in [0.5, 0.6) is 0 Å². The number of nitriles is 1. The van der Waals surface area contributed by atoms with Crippen LogP contribution in [0.15, 0.2) is 0 Å². The summed E-state index contributed by atoms with van der Waals surface area (Å²) in [5, 5.41) is 21.2. The first kappa shape index (κ1) is 11.5. The van der Waals surface area contributed by atoms with Crippen LogP contribution in [0.4, 0.5) is 0 Å². The number of hydrogen-bond donors (Lipinski definition) is 2. The molecule has 0 saturated heterocycles. The molecule has 0 aromatic heterocycles. The van der Waals surface area contributed by atoms with Crippen molar-refractivity contribution in [3.05, 3.63) is 0 Å². The molecular formula is C11H20N2O. The second-order valence-corrected chi connectivity index (χ2v) is 4.45. The Labute approximate surface area is 86.1 Å². The van der Waals surface area contributed by atoms with E-state index in [0.29, 0.717) is 0 Å². The van der Waals surface area contributed by atoms with Gasteiger partial charge in [-0.05, 0) is 19.8 Å². The predicted octanol–water partition coefficient (Wildman–Crippen LogP) is 1.43. The van der Waals surface area contributed by atoms with E-state index < -0.39 is 0 Å². The van der Waals surface area contributed by atoms with Crippen LogP contribution in [0.1, 0.15) is 39.0 Å². The van der Waals surface area contributed by atoms with Gasteiger partial charge in [0, 0.05) is 18.6 Å². The number of aliphatic hydroxyl groups excluding tert-OH is 1. The summed E-state index contributed by atoms with van der Waals surface area (Å²) in [4.78, 5) is 0. The quantitative estimate of drug-likeness (QED) is 0.715. The van der Waals surface area contributed by atoms with Crippen LogP contribution >= 0.6 is 0 Å². The summed E-state index contributed by atoms with van der Waals surface area (Å²) in [7, 11) is 0. The zero-order chi connectivity index (χ0) is 10.4. The van der Waals surface area contributed by atoms with Gasteiger partial charge in [-0.15, -0.1) is 0 Å². The zero-order valence-electron chi connectivity index (χ0n) is 8.92. The van der Waals surface area contributed by atoms with E-state index in [1.165, 1.54) is 19.3 Å². The van der Waals surface area contributed by atoms with Crippen LogP contribution in [0.25, 0.3) is 0 Å². The Balaban J connectivity index is 2.40. The van der Waals surface area contributed by atoms with Crippen LogP contribution in [0, 0.1) is 16.7 Å². The van der Waals surface area contributed by atoms with Crippen molar-refractivity contribution in [3.8, 4) is 6.07 Å². The lowest BCUT2D eigenvalue weighted by Crippen LogP contribution is -2.41. The van der Waals surface area contributed by atoms with Crippen molar-refractivity contribution < 1.29 is 5.11 Å². The maximum absolute atomic E-state index is 9.40. The van der Waals surface area contributed by atoms with Crippen LogP contribution in [-0.2, 0) is 0 Å². The topological polar surface area (TPSA) is 56.0 Å². The van der Waals surface area contributed by atoms with Crippen LogP contribution in [0.3, 0.4) is 0 Å². The number of rotatable bonds is 4. The van der Waals surface area contributed by atoms with Crippen LogP contribution in [-0.4, -0.2) is 24.3 Å². The molecule has 2 N–H and O–H groups in total. The van der Waals surface area contributed by atoms with Gasteiger partial charge in [-0.1, -0.05) is 19.3 Å². The number of nitrogens with one attached hydrogen (secondary N) is 1. The molecule has 0 aromatic rings. The van der Waals surface area contributed by atoms with Crippen LogP contribution < -0.4 is 5.32 Å². The molecule has 3 heteroatoms. The van der Waals surface area contributed by atoms with E-state index in [1.54, 1.807) is 0 Å². The minimum absolute atomic E-state index is 0.0450. The number of nitrogens with zero attached hydrogens (tertiary/aromatic N) is 1. The lowest BCUT2D eigenvalue weighted by atomic mass is 9.74. The fraction of sp³-hybridized carbons (Fsp3) is 0.909. The minimum Gasteiger partial charge on any atom is -0.396 e. The lowest BCUT2D eigenvalue weighted by Gasteiger charge is -2.36. The van der Waals surface area contributed by atoms with Gasteiger partial charge in [-0.2, -0.15) is 5.26 Å². The first-order chi connectivity index (χ1) is 6.72. The average molecular weight is 196 g/mol. The molecule has 14 heavy (non-hydrogen) atoms. The highest BCUT2D eigenvalue weighted by molar-refractivity contribution is 4.90. The largest absolute Gasteiger partial charge is 0.396 e. The molecule has 1 rings (SSSR count). The summed E-state index contributed by atoms with van der Waals surface area (Å²) >= 11 is 0. The van der Waals surface area contributed by atoms with Crippen LogP contribution in [0.2, 0.25) is 0 Å².